The van der Waals surface area contributed by atoms with Crippen LogP contribution in [0.4, 0.5) is 0 Å². The van der Waals surface area contributed by atoms with E-state index in [0.717, 1.165) is 24.6 Å². The molecule has 3 heteroatoms. The van der Waals surface area contributed by atoms with Gasteiger partial charge < -0.3 is 14.8 Å². The molecule has 2 unspecified atom stereocenters. The van der Waals surface area contributed by atoms with E-state index in [9.17, 15) is 0 Å². The predicted molar refractivity (Wildman–Crippen MR) is 87.4 cm³/mol. The Balaban J connectivity index is 2.29. The average molecular weight is 291 g/mol. The van der Waals surface area contributed by atoms with E-state index in [4.69, 9.17) is 9.47 Å². The van der Waals surface area contributed by atoms with Crippen LogP contribution in [0.3, 0.4) is 0 Å². The summed E-state index contributed by atoms with van der Waals surface area (Å²) in [6.07, 6.45) is 6.57. The van der Waals surface area contributed by atoms with E-state index in [2.05, 4.69) is 18.3 Å². The Morgan fingerprint density at radius 2 is 1.90 bits per heavy atom. The van der Waals surface area contributed by atoms with Crippen molar-refractivity contribution in [3.8, 4) is 11.5 Å². The minimum Gasteiger partial charge on any atom is -0.497 e. The maximum atomic E-state index is 5.62. The summed E-state index contributed by atoms with van der Waals surface area (Å²) < 4.78 is 11.0. The second-order valence-corrected chi connectivity index (χ2v) is 5.92. The summed E-state index contributed by atoms with van der Waals surface area (Å²) in [5.41, 5.74) is 1.32. The van der Waals surface area contributed by atoms with Crippen LogP contribution in [-0.4, -0.2) is 27.3 Å². The van der Waals surface area contributed by atoms with Gasteiger partial charge in [0.1, 0.15) is 11.5 Å². The molecule has 0 radical (unpaired) electrons. The lowest BCUT2D eigenvalue weighted by molar-refractivity contribution is 0.352. The van der Waals surface area contributed by atoms with Crippen LogP contribution in [0, 0.1) is 5.92 Å². The summed E-state index contributed by atoms with van der Waals surface area (Å²) in [6.45, 7) is 4.32. The van der Waals surface area contributed by atoms with E-state index in [1.807, 2.05) is 12.1 Å². The van der Waals surface area contributed by atoms with Gasteiger partial charge in [-0.05, 0) is 56.0 Å². The molecule has 0 aliphatic heterocycles. The lowest BCUT2D eigenvalue weighted by Crippen LogP contribution is -2.27. The quantitative estimate of drug-likeness (QED) is 0.804. The van der Waals surface area contributed by atoms with Crippen molar-refractivity contribution in [2.24, 2.45) is 5.92 Å². The highest BCUT2D eigenvalue weighted by Crippen LogP contribution is 2.41. The van der Waals surface area contributed by atoms with Crippen LogP contribution >= 0.6 is 0 Å². The third-order valence-electron chi connectivity index (χ3n) is 4.65. The molecule has 1 aromatic carbocycles. The summed E-state index contributed by atoms with van der Waals surface area (Å²) >= 11 is 0. The summed E-state index contributed by atoms with van der Waals surface area (Å²) in [4.78, 5) is 0. The Morgan fingerprint density at radius 1 is 1.10 bits per heavy atom. The van der Waals surface area contributed by atoms with Crippen LogP contribution in [0.25, 0.3) is 0 Å². The standard InChI is InChI=1S/C18H29NO2/c1-4-19-13-14-8-6-5-7-9-16(14)17-12-15(20-2)10-11-18(17)21-3/h10-12,14,16,19H,4-9,13H2,1-3H3. The van der Waals surface area contributed by atoms with E-state index in [1.54, 1.807) is 14.2 Å². The summed E-state index contributed by atoms with van der Waals surface area (Å²) in [5, 5.41) is 3.54. The Kier molecular flexibility index (Phi) is 6.37. The molecule has 2 atom stereocenters. The molecular formula is C18H29NO2. The highest BCUT2D eigenvalue weighted by molar-refractivity contribution is 5.43. The van der Waals surface area contributed by atoms with E-state index >= 15 is 0 Å². The van der Waals surface area contributed by atoms with Crippen molar-refractivity contribution in [1.82, 2.24) is 5.32 Å². The summed E-state index contributed by atoms with van der Waals surface area (Å²) in [7, 11) is 3.50. The maximum Gasteiger partial charge on any atom is 0.122 e. The van der Waals surface area contributed by atoms with Gasteiger partial charge in [-0.15, -0.1) is 0 Å². The van der Waals surface area contributed by atoms with E-state index < -0.39 is 0 Å². The number of methoxy groups -OCH3 is 2. The number of hydrogen-bond acceptors (Lipinski definition) is 3. The lowest BCUT2D eigenvalue weighted by Gasteiger charge is -2.27. The SMILES string of the molecule is CCNCC1CCCCCC1c1cc(OC)ccc1OC. The van der Waals surface area contributed by atoms with Crippen molar-refractivity contribution in [2.75, 3.05) is 27.3 Å². The molecule has 1 fully saturated rings. The van der Waals surface area contributed by atoms with E-state index in [1.165, 1.54) is 37.7 Å². The number of nitrogens with one attached hydrogen (secondary N) is 1. The fourth-order valence-corrected chi connectivity index (χ4v) is 3.50. The first-order valence-corrected chi connectivity index (χ1v) is 8.22. The Labute approximate surface area is 129 Å². The molecule has 0 saturated heterocycles. The fraction of sp³-hybridized carbons (Fsp3) is 0.667. The maximum absolute atomic E-state index is 5.62. The molecule has 0 aromatic heterocycles. The van der Waals surface area contributed by atoms with Crippen molar-refractivity contribution in [1.29, 1.82) is 0 Å². The van der Waals surface area contributed by atoms with E-state index in [0.29, 0.717) is 11.8 Å². The zero-order valence-corrected chi connectivity index (χ0v) is 13.7. The van der Waals surface area contributed by atoms with Crippen molar-refractivity contribution >= 4 is 0 Å². The normalized spacial score (nSPS) is 22.6. The summed E-state index contributed by atoms with van der Waals surface area (Å²) in [6, 6.07) is 6.20. The van der Waals surface area contributed by atoms with Crippen molar-refractivity contribution in [2.45, 2.75) is 44.9 Å². The topological polar surface area (TPSA) is 30.5 Å². The molecule has 1 aliphatic carbocycles. The van der Waals surface area contributed by atoms with Gasteiger partial charge in [-0.3, -0.25) is 0 Å². The minimum atomic E-state index is 0.566. The van der Waals surface area contributed by atoms with E-state index in [-0.39, 0.29) is 0 Å². The number of rotatable bonds is 6. The smallest absolute Gasteiger partial charge is 0.122 e. The van der Waals surface area contributed by atoms with Crippen molar-refractivity contribution < 1.29 is 9.47 Å². The van der Waals surface area contributed by atoms with Gasteiger partial charge in [0.05, 0.1) is 14.2 Å². The number of benzene rings is 1. The molecule has 1 aromatic rings. The number of hydrogen-bond donors (Lipinski definition) is 1. The molecule has 21 heavy (non-hydrogen) atoms. The lowest BCUT2D eigenvalue weighted by atomic mass is 9.81. The molecule has 2 rings (SSSR count). The van der Waals surface area contributed by atoms with Crippen LogP contribution < -0.4 is 14.8 Å². The van der Waals surface area contributed by atoms with Crippen LogP contribution in [0.2, 0.25) is 0 Å². The molecule has 0 amide bonds. The van der Waals surface area contributed by atoms with Gasteiger partial charge in [-0.25, -0.2) is 0 Å². The zero-order valence-electron chi connectivity index (χ0n) is 13.7. The highest BCUT2D eigenvalue weighted by atomic mass is 16.5. The predicted octanol–water partition coefficient (Wildman–Crippen LogP) is 3.98. The molecule has 0 heterocycles. The van der Waals surface area contributed by atoms with Crippen LogP contribution in [0.1, 0.15) is 50.5 Å². The first kappa shape index (κ1) is 16.2. The first-order valence-electron chi connectivity index (χ1n) is 8.22. The Morgan fingerprint density at radius 3 is 2.62 bits per heavy atom. The van der Waals surface area contributed by atoms with Crippen LogP contribution in [0.5, 0.6) is 11.5 Å². The second kappa shape index (κ2) is 8.28. The largest absolute Gasteiger partial charge is 0.497 e. The van der Waals surface area contributed by atoms with Gasteiger partial charge in [0.2, 0.25) is 0 Å². The zero-order chi connectivity index (χ0) is 15.1. The first-order chi connectivity index (χ1) is 10.3. The third kappa shape index (κ3) is 4.13. The molecule has 1 saturated carbocycles. The fourth-order valence-electron chi connectivity index (χ4n) is 3.50. The van der Waals surface area contributed by atoms with Gasteiger partial charge in [0.15, 0.2) is 0 Å². The molecular weight excluding hydrogens is 262 g/mol. The molecule has 118 valence electrons. The highest BCUT2D eigenvalue weighted by Gasteiger charge is 2.27. The van der Waals surface area contributed by atoms with Gasteiger partial charge in [0.25, 0.3) is 0 Å². The molecule has 1 N–H and O–H groups in total. The van der Waals surface area contributed by atoms with Crippen molar-refractivity contribution in [3.63, 3.8) is 0 Å². The third-order valence-corrected chi connectivity index (χ3v) is 4.65. The molecule has 0 bridgehead atoms. The summed E-state index contributed by atoms with van der Waals surface area (Å²) in [5.74, 6) is 3.19. The minimum absolute atomic E-state index is 0.566. The monoisotopic (exact) mass is 291 g/mol. The average Bonchev–Trinajstić information content (AvgIpc) is 2.77. The molecule has 0 spiro atoms. The van der Waals surface area contributed by atoms with Gasteiger partial charge in [-0.1, -0.05) is 26.2 Å². The van der Waals surface area contributed by atoms with Gasteiger partial charge >= 0.3 is 0 Å². The Bertz CT molecular complexity index is 433. The molecule has 3 nitrogen and oxygen atoms in total. The van der Waals surface area contributed by atoms with Gasteiger partial charge in [-0.2, -0.15) is 0 Å². The molecule has 1 aliphatic rings. The number of ether oxygens (including phenoxy) is 2. The second-order valence-electron chi connectivity index (χ2n) is 5.92. The van der Waals surface area contributed by atoms with Crippen molar-refractivity contribution in [3.05, 3.63) is 23.8 Å². The van der Waals surface area contributed by atoms with Gasteiger partial charge in [0, 0.05) is 5.56 Å². The van der Waals surface area contributed by atoms with Crippen LogP contribution in [-0.2, 0) is 0 Å². The van der Waals surface area contributed by atoms with Crippen LogP contribution in [0.15, 0.2) is 18.2 Å². The Hall–Kier alpha value is -1.22.